The third kappa shape index (κ3) is 7.43. The Balaban J connectivity index is 1.99. The maximum absolute atomic E-state index is 11.0. The van der Waals surface area contributed by atoms with Crippen molar-refractivity contribution >= 4 is 10.8 Å². The molecule has 4 atom stereocenters. The molecule has 1 rings (SSSR count). The molecule has 0 bridgehead atoms. The number of ether oxygens (including phenoxy) is 2. The summed E-state index contributed by atoms with van der Waals surface area (Å²) in [7, 11) is -0.809. The number of hydrogen-bond donors (Lipinski definition) is 2. The van der Waals surface area contributed by atoms with Gasteiger partial charge in [-0.3, -0.25) is 4.21 Å². The predicted molar refractivity (Wildman–Crippen MR) is 72.2 cm³/mol. The van der Waals surface area contributed by atoms with E-state index in [9.17, 15) is 9.32 Å². The number of nitrogens with one attached hydrogen (secondary N) is 1. The zero-order valence-electron chi connectivity index (χ0n) is 11.3. The highest BCUT2D eigenvalue weighted by Gasteiger charge is 2.16. The first-order valence-electron chi connectivity index (χ1n) is 6.48. The fraction of sp³-hybridized carbons (Fsp3) is 1.00. The lowest BCUT2D eigenvalue weighted by Gasteiger charge is -2.17. The second kappa shape index (κ2) is 8.98. The normalized spacial score (nSPS) is 24.9. The number of rotatable bonds is 9. The van der Waals surface area contributed by atoms with E-state index in [0.717, 1.165) is 19.4 Å². The molecule has 1 fully saturated rings. The molecular weight excluding hydrogens is 254 g/mol. The lowest BCUT2D eigenvalue weighted by Crippen LogP contribution is -2.38. The second-order valence-corrected chi connectivity index (χ2v) is 6.36. The van der Waals surface area contributed by atoms with Crippen LogP contribution in [-0.4, -0.2) is 65.9 Å². The highest BCUT2D eigenvalue weighted by Crippen LogP contribution is 2.11. The molecule has 0 aliphatic carbocycles. The van der Waals surface area contributed by atoms with Crippen LogP contribution in [-0.2, 0) is 20.3 Å². The zero-order valence-corrected chi connectivity index (χ0v) is 12.1. The van der Waals surface area contributed by atoms with Gasteiger partial charge in [0.05, 0.1) is 25.4 Å². The van der Waals surface area contributed by atoms with Gasteiger partial charge in [0.15, 0.2) is 0 Å². The lowest BCUT2D eigenvalue weighted by molar-refractivity contribution is -0.0167. The molecule has 1 saturated heterocycles. The third-order valence-corrected chi connectivity index (χ3v) is 3.79. The quantitative estimate of drug-likeness (QED) is 0.617. The summed E-state index contributed by atoms with van der Waals surface area (Å²) in [5, 5.41) is 12.8. The largest absolute Gasteiger partial charge is 0.389 e. The summed E-state index contributed by atoms with van der Waals surface area (Å²) in [6, 6.07) is 0.142. The minimum absolute atomic E-state index is 0.142. The first kappa shape index (κ1) is 16.0. The number of hydrogen-bond acceptors (Lipinski definition) is 5. The van der Waals surface area contributed by atoms with Crippen LogP contribution in [0.25, 0.3) is 0 Å². The Morgan fingerprint density at radius 2 is 2.39 bits per heavy atom. The van der Waals surface area contributed by atoms with Crippen molar-refractivity contribution in [3.8, 4) is 0 Å². The van der Waals surface area contributed by atoms with Crippen LogP contribution < -0.4 is 5.32 Å². The van der Waals surface area contributed by atoms with Gasteiger partial charge in [0.25, 0.3) is 0 Å². The molecule has 5 nitrogen and oxygen atoms in total. The van der Waals surface area contributed by atoms with Crippen LogP contribution in [0.15, 0.2) is 0 Å². The first-order valence-corrected chi connectivity index (χ1v) is 8.21. The molecule has 18 heavy (non-hydrogen) atoms. The van der Waals surface area contributed by atoms with E-state index in [2.05, 4.69) is 5.32 Å². The molecule has 6 heteroatoms. The van der Waals surface area contributed by atoms with E-state index >= 15 is 0 Å². The van der Waals surface area contributed by atoms with Crippen molar-refractivity contribution in [1.82, 2.24) is 5.32 Å². The van der Waals surface area contributed by atoms with Gasteiger partial charge in [-0.05, 0) is 19.8 Å². The average Bonchev–Trinajstić information content (AvgIpc) is 2.78. The van der Waals surface area contributed by atoms with Crippen molar-refractivity contribution in [2.45, 2.75) is 38.0 Å². The smallest absolute Gasteiger partial charge is 0.0897 e. The maximum atomic E-state index is 11.0. The minimum atomic E-state index is -0.809. The van der Waals surface area contributed by atoms with Gasteiger partial charge in [-0.15, -0.1) is 0 Å². The van der Waals surface area contributed by atoms with E-state index in [-0.39, 0.29) is 12.1 Å². The Hall–Kier alpha value is -0.0100. The van der Waals surface area contributed by atoms with Crippen LogP contribution in [0.5, 0.6) is 0 Å². The zero-order chi connectivity index (χ0) is 13.4. The molecule has 2 N–H and O–H groups in total. The average molecular weight is 279 g/mol. The van der Waals surface area contributed by atoms with Gasteiger partial charge < -0.3 is 19.9 Å². The lowest BCUT2D eigenvalue weighted by atomic mass is 10.2. The summed E-state index contributed by atoms with van der Waals surface area (Å²) in [5.74, 6) is 0.601. The van der Waals surface area contributed by atoms with E-state index in [1.54, 1.807) is 6.26 Å². The first-order chi connectivity index (χ1) is 8.58. The molecule has 0 spiro atoms. The molecule has 1 aliphatic heterocycles. The highest BCUT2D eigenvalue weighted by molar-refractivity contribution is 7.84. The summed E-state index contributed by atoms with van der Waals surface area (Å²) >= 11 is 0. The highest BCUT2D eigenvalue weighted by atomic mass is 32.2. The minimum Gasteiger partial charge on any atom is -0.389 e. The van der Waals surface area contributed by atoms with E-state index in [1.165, 1.54) is 0 Å². The van der Waals surface area contributed by atoms with Crippen molar-refractivity contribution in [3.05, 3.63) is 0 Å². The Bertz CT molecular complexity index is 246. The Labute approximate surface area is 112 Å². The van der Waals surface area contributed by atoms with Crippen molar-refractivity contribution < 1.29 is 18.8 Å². The van der Waals surface area contributed by atoms with E-state index in [4.69, 9.17) is 9.47 Å². The Morgan fingerprint density at radius 3 is 3.00 bits per heavy atom. The molecule has 0 aromatic heterocycles. The van der Waals surface area contributed by atoms with Crippen molar-refractivity contribution in [1.29, 1.82) is 0 Å². The van der Waals surface area contributed by atoms with Crippen LogP contribution >= 0.6 is 0 Å². The van der Waals surface area contributed by atoms with Crippen LogP contribution in [0.4, 0.5) is 0 Å². The third-order valence-electron chi connectivity index (χ3n) is 2.82. The molecular formula is C12H25NO4S. The Morgan fingerprint density at radius 1 is 1.61 bits per heavy atom. The van der Waals surface area contributed by atoms with Gasteiger partial charge in [0.1, 0.15) is 0 Å². The van der Waals surface area contributed by atoms with E-state index in [1.807, 2.05) is 6.92 Å². The summed E-state index contributed by atoms with van der Waals surface area (Å²) in [4.78, 5) is 0. The maximum Gasteiger partial charge on any atom is 0.0897 e. The fourth-order valence-electron chi connectivity index (χ4n) is 1.92. The summed E-state index contributed by atoms with van der Waals surface area (Å²) in [6.07, 6.45) is 3.50. The second-order valence-electron chi connectivity index (χ2n) is 4.88. The topological polar surface area (TPSA) is 67.8 Å². The van der Waals surface area contributed by atoms with Crippen LogP contribution in [0.2, 0.25) is 0 Å². The molecule has 0 saturated carbocycles. The summed E-state index contributed by atoms with van der Waals surface area (Å²) in [6.45, 7) is 4.12. The van der Waals surface area contributed by atoms with Crippen molar-refractivity contribution in [2.75, 3.05) is 38.4 Å². The molecule has 1 heterocycles. The molecule has 108 valence electrons. The van der Waals surface area contributed by atoms with Gasteiger partial charge in [-0.1, -0.05) is 0 Å². The SMILES string of the molecule is CC(CS(C)=O)NCC(O)COCC1CCCO1. The van der Waals surface area contributed by atoms with Gasteiger partial charge >= 0.3 is 0 Å². The molecule has 4 unspecified atom stereocenters. The molecule has 0 amide bonds. The van der Waals surface area contributed by atoms with E-state index < -0.39 is 16.9 Å². The fourth-order valence-corrected chi connectivity index (χ4v) is 2.74. The summed E-state index contributed by atoms with van der Waals surface area (Å²) < 4.78 is 21.8. The number of aliphatic hydroxyl groups is 1. The van der Waals surface area contributed by atoms with Crippen molar-refractivity contribution in [2.24, 2.45) is 0 Å². The Kier molecular flexibility index (Phi) is 8.01. The van der Waals surface area contributed by atoms with Crippen LogP contribution in [0, 0.1) is 0 Å². The summed E-state index contributed by atoms with van der Waals surface area (Å²) in [5.41, 5.74) is 0. The molecule has 1 aliphatic rings. The van der Waals surface area contributed by atoms with Gasteiger partial charge in [-0.25, -0.2) is 0 Å². The monoisotopic (exact) mass is 279 g/mol. The van der Waals surface area contributed by atoms with Gasteiger partial charge in [0.2, 0.25) is 0 Å². The van der Waals surface area contributed by atoms with Crippen LogP contribution in [0.3, 0.4) is 0 Å². The molecule has 0 radical (unpaired) electrons. The van der Waals surface area contributed by atoms with E-state index in [0.29, 0.717) is 25.5 Å². The van der Waals surface area contributed by atoms with Crippen molar-refractivity contribution in [3.63, 3.8) is 0 Å². The molecule has 0 aromatic carbocycles. The van der Waals surface area contributed by atoms with Crippen LogP contribution in [0.1, 0.15) is 19.8 Å². The molecule has 0 aromatic rings. The van der Waals surface area contributed by atoms with Gasteiger partial charge in [-0.2, -0.15) is 0 Å². The predicted octanol–water partition coefficient (Wildman–Crippen LogP) is -0.100. The number of aliphatic hydroxyl groups excluding tert-OH is 1. The standard InChI is InChI=1S/C12H25NO4S/c1-10(9-18(2)15)13-6-11(14)7-16-8-12-4-3-5-17-12/h10-14H,3-9H2,1-2H3. The van der Waals surface area contributed by atoms with Gasteiger partial charge in [0, 0.05) is 42.0 Å².